The number of H-pyrrole nitrogens is 1. The number of halogens is 3. The van der Waals surface area contributed by atoms with E-state index < -0.39 is 0 Å². The molecule has 4 rings (SSSR count). The molecule has 2 heterocycles. The van der Waals surface area contributed by atoms with E-state index in [0.717, 1.165) is 18.7 Å². The average molecular weight is 591 g/mol. The normalized spacial score (nSPS) is 11.6. The molecule has 0 saturated heterocycles. The number of aromatic nitrogens is 4. The number of hydrogen-bond acceptors (Lipinski definition) is 6. The van der Waals surface area contributed by atoms with Crippen LogP contribution in [0.3, 0.4) is 0 Å². The highest BCUT2D eigenvalue weighted by atomic mass is 35.5. The molecule has 0 saturated carbocycles. The standard InChI is InChI=1S/C27H30Cl3N7O2/c1-15(2)24-23-26(37(35-24)25-19(29)12-17(28)13-20(25)30)33-21(34-27(23)39)11-16-5-7-18(8-6-16)32-22(38)14-31-9-10-36(3)4/h5-8,12-13,15,31H,9-11,14H2,1-4H3,(H,32,38)(H,33,34,39). The largest absolute Gasteiger partial charge is 0.325 e. The fraction of sp³-hybridized carbons (Fsp3) is 0.333. The topological polar surface area (TPSA) is 108 Å². The lowest BCUT2D eigenvalue weighted by atomic mass is 10.1. The van der Waals surface area contributed by atoms with Crippen LogP contribution in [0.25, 0.3) is 16.7 Å². The summed E-state index contributed by atoms with van der Waals surface area (Å²) >= 11 is 19.1. The molecular formula is C27H30Cl3N7O2. The van der Waals surface area contributed by atoms with Gasteiger partial charge in [0.15, 0.2) is 5.65 Å². The summed E-state index contributed by atoms with van der Waals surface area (Å²) in [7, 11) is 3.96. The number of nitrogens with zero attached hydrogens (tertiary/aromatic N) is 4. The van der Waals surface area contributed by atoms with E-state index >= 15 is 0 Å². The summed E-state index contributed by atoms with van der Waals surface area (Å²) in [4.78, 5) is 35.1. The Kier molecular flexibility index (Phi) is 9.30. The SMILES string of the molecule is CC(C)c1nn(-c2c(Cl)cc(Cl)cc2Cl)c2nc(Cc3ccc(NC(=O)CNCCN(C)C)cc3)[nH]c(=O)c12. The first-order valence-corrected chi connectivity index (χ1v) is 13.6. The van der Waals surface area contributed by atoms with E-state index in [-0.39, 0.29) is 23.9 Å². The first-order valence-electron chi connectivity index (χ1n) is 12.4. The summed E-state index contributed by atoms with van der Waals surface area (Å²) in [6.07, 6.45) is 0.357. The van der Waals surface area contributed by atoms with Crippen LogP contribution in [0.2, 0.25) is 15.1 Å². The zero-order valence-electron chi connectivity index (χ0n) is 22.1. The van der Waals surface area contributed by atoms with E-state index in [0.29, 0.717) is 55.4 Å². The maximum atomic E-state index is 13.2. The third-order valence-electron chi connectivity index (χ3n) is 5.98. The Balaban J connectivity index is 1.59. The molecule has 2 aromatic heterocycles. The van der Waals surface area contributed by atoms with Crippen LogP contribution in [0.15, 0.2) is 41.2 Å². The van der Waals surface area contributed by atoms with Gasteiger partial charge in [0.2, 0.25) is 5.91 Å². The zero-order valence-corrected chi connectivity index (χ0v) is 24.4. The van der Waals surface area contributed by atoms with E-state index in [2.05, 4.69) is 20.7 Å². The van der Waals surface area contributed by atoms with E-state index in [4.69, 9.17) is 39.8 Å². The van der Waals surface area contributed by atoms with Crippen molar-refractivity contribution in [3.05, 3.63) is 78.9 Å². The van der Waals surface area contributed by atoms with Gasteiger partial charge in [0.05, 0.1) is 22.3 Å². The average Bonchev–Trinajstić information content (AvgIpc) is 3.22. The van der Waals surface area contributed by atoms with E-state index in [9.17, 15) is 9.59 Å². The third kappa shape index (κ3) is 6.98. The number of benzene rings is 2. The minimum Gasteiger partial charge on any atom is -0.325 e. The number of aromatic amines is 1. The number of carbonyl (C=O) groups excluding carboxylic acids is 1. The molecule has 3 N–H and O–H groups in total. The quantitative estimate of drug-likeness (QED) is 0.228. The number of likely N-dealkylation sites (N-methyl/N-ethyl adjacent to an activating group) is 1. The van der Waals surface area contributed by atoms with Crippen LogP contribution >= 0.6 is 34.8 Å². The molecule has 0 unspecified atom stereocenters. The molecule has 0 radical (unpaired) electrons. The molecular weight excluding hydrogens is 561 g/mol. The molecule has 0 bridgehead atoms. The van der Waals surface area contributed by atoms with Crippen molar-refractivity contribution < 1.29 is 4.79 Å². The van der Waals surface area contributed by atoms with Crippen LogP contribution in [-0.4, -0.2) is 64.3 Å². The minimum absolute atomic E-state index is 0.0433. The summed E-state index contributed by atoms with van der Waals surface area (Å²) in [5.41, 5.74) is 2.63. The summed E-state index contributed by atoms with van der Waals surface area (Å²) in [6.45, 7) is 5.70. The lowest BCUT2D eigenvalue weighted by Gasteiger charge is -2.11. The van der Waals surface area contributed by atoms with Crippen LogP contribution in [0.4, 0.5) is 5.69 Å². The Labute approximate surface area is 241 Å². The Morgan fingerprint density at radius 2 is 1.77 bits per heavy atom. The molecule has 0 aliphatic rings. The van der Waals surface area contributed by atoms with E-state index in [1.54, 1.807) is 12.1 Å². The lowest BCUT2D eigenvalue weighted by Crippen LogP contribution is -2.33. The second-order valence-corrected chi connectivity index (χ2v) is 11.0. The van der Waals surface area contributed by atoms with Gasteiger partial charge in [-0.1, -0.05) is 60.8 Å². The van der Waals surface area contributed by atoms with Gasteiger partial charge < -0.3 is 20.5 Å². The number of rotatable bonds is 10. The van der Waals surface area contributed by atoms with Gasteiger partial charge in [-0.25, -0.2) is 9.67 Å². The Bertz CT molecular complexity index is 1520. The van der Waals surface area contributed by atoms with Crippen molar-refractivity contribution in [2.75, 3.05) is 39.0 Å². The monoisotopic (exact) mass is 589 g/mol. The summed E-state index contributed by atoms with van der Waals surface area (Å²) in [5.74, 6) is 0.289. The predicted molar refractivity (Wildman–Crippen MR) is 158 cm³/mol. The van der Waals surface area contributed by atoms with Crippen molar-refractivity contribution in [3.63, 3.8) is 0 Å². The van der Waals surface area contributed by atoms with Gasteiger partial charge in [-0.3, -0.25) is 9.59 Å². The molecule has 0 spiro atoms. The molecule has 39 heavy (non-hydrogen) atoms. The fourth-order valence-corrected chi connectivity index (χ4v) is 5.06. The Morgan fingerprint density at radius 3 is 2.38 bits per heavy atom. The molecule has 4 aromatic rings. The molecule has 0 aliphatic carbocycles. The van der Waals surface area contributed by atoms with Gasteiger partial charge in [0.25, 0.3) is 5.56 Å². The number of hydrogen-bond donors (Lipinski definition) is 3. The molecule has 0 fully saturated rings. The van der Waals surface area contributed by atoms with Gasteiger partial charge in [0.1, 0.15) is 16.9 Å². The second kappa shape index (κ2) is 12.5. The Morgan fingerprint density at radius 1 is 1.10 bits per heavy atom. The van der Waals surface area contributed by atoms with Crippen LogP contribution in [0.5, 0.6) is 0 Å². The highest BCUT2D eigenvalue weighted by molar-refractivity contribution is 6.40. The first-order chi connectivity index (χ1) is 18.5. The number of carbonyl (C=O) groups is 1. The van der Waals surface area contributed by atoms with Crippen LogP contribution in [0, 0.1) is 0 Å². The molecule has 206 valence electrons. The van der Waals surface area contributed by atoms with Crippen molar-refractivity contribution in [1.82, 2.24) is 30.0 Å². The van der Waals surface area contributed by atoms with Crippen molar-refractivity contribution in [2.45, 2.75) is 26.2 Å². The Hall–Kier alpha value is -2.95. The van der Waals surface area contributed by atoms with E-state index in [1.807, 2.05) is 57.1 Å². The fourth-order valence-electron chi connectivity index (χ4n) is 4.09. The highest BCUT2D eigenvalue weighted by Gasteiger charge is 2.23. The van der Waals surface area contributed by atoms with Gasteiger partial charge in [-0.2, -0.15) is 5.10 Å². The van der Waals surface area contributed by atoms with Crippen LogP contribution in [0.1, 0.15) is 36.8 Å². The summed E-state index contributed by atoms with van der Waals surface area (Å²) in [6, 6.07) is 10.5. The smallest absolute Gasteiger partial charge is 0.262 e. The molecule has 2 aromatic carbocycles. The van der Waals surface area contributed by atoms with Crippen LogP contribution in [-0.2, 0) is 11.2 Å². The number of nitrogens with one attached hydrogen (secondary N) is 3. The molecule has 1 amide bonds. The summed E-state index contributed by atoms with van der Waals surface area (Å²) in [5, 5.41) is 12.0. The number of fused-ring (bicyclic) bond motifs is 1. The lowest BCUT2D eigenvalue weighted by molar-refractivity contribution is -0.115. The zero-order chi connectivity index (χ0) is 28.3. The summed E-state index contributed by atoms with van der Waals surface area (Å²) < 4.78 is 1.51. The van der Waals surface area contributed by atoms with Gasteiger partial charge in [-0.05, 0) is 49.8 Å². The van der Waals surface area contributed by atoms with E-state index in [1.165, 1.54) is 4.68 Å². The molecule has 0 aliphatic heterocycles. The molecule has 0 atom stereocenters. The van der Waals surface area contributed by atoms with Gasteiger partial charge >= 0.3 is 0 Å². The third-order valence-corrected chi connectivity index (χ3v) is 6.78. The van der Waals surface area contributed by atoms with Gasteiger partial charge in [0, 0.05) is 30.2 Å². The highest BCUT2D eigenvalue weighted by Crippen LogP contribution is 2.34. The van der Waals surface area contributed by atoms with Crippen molar-refractivity contribution in [3.8, 4) is 5.69 Å². The van der Waals surface area contributed by atoms with Crippen molar-refractivity contribution >= 4 is 57.4 Å². The predicted octanol–water partition coefficient (Wildman–Crippen LogP) is 4.87. The second-order valence-electron chi connectivity index (χ2n) is 9.78. The maximum Gasteiger partial charge on any atom is 0.262 e. The van der Waals surface area contributed by atoms with Crippen molar-refractivity contribution in [2.24, 2.45) is 0 Å². The van der Waals surface area contributed by atoms with Gasteiger partial charge in [-0.15, -0.1) is 0 Å². The molecule has 9 nitrogen and oxygen atoms in total. The maximum absolute atomic E-state index is 13.2. The van der Waals surface area contributed by atoms with Crippen molar-refractivity contribution in [1.29, 1.82) is 0 Å². The molecule has 12 heteroatoms. The minimum atomic E-state index is -0.295. The first kappa shape index (κ1) is 29.0. The number of anilines is 1. The number of amides is 1. The van der Waals surface area contributed by atoms with Crippen LogP contribution < -0.4 is 16.2 Å².